The van der Waals surface area contributed by atoms with Crippen LogP contribution in [0.25, 0.3) is 0 Å². The molecule has 0 fully saturated rings. The van der Waals surface area contributed by atoms with E-state index in [-0.39, 0.29) is 18.2 Å². The van der Waals surface area contributed by atoms with E-state index in [0.29, 0.717) is 23.9 Å². The minimum absolute atomic E-state index is 0.0910. The van der Waals surface area contributed by atoms with E-state index < -0.39 is 5.25 Å². The van der Waals surface area contributed by atoms with Crippen LogP contribution >= 0.6 is 23.4 Å². The van der Waals surface area contributed by atoms with Gasteiger partial charge in [-0.25, -0.2) is 0 Å². The van der Waals surface area contributed by atoms with Gasteiger partial charge >= 0.3 is 0 Å². The number of fused-ring (bicyclic) bond motifs is 1. The number of hydrogen-bond acceptors (Lipinski definition) is 4. The van der Waals surface area contributed by atoms with Crippen LogP contribution in [0, 0.1) is 0 Å². The quantitative estimate of drug-likeness (QED) is 0.817. The molecule has 0 aliphatic carbocycles. The van der Waals surface area contributed by atoms with Crippen molar-refractivity contribution in [3.8, 4) is 5.75 Å². The molecule has 0 aromatic heterocycles. The molecule has 1 aliphatic rings. The molecule has 26 heavy (non-hydrogen) atoms. The van der Waals surface area contributed by atoms with Gasteiger partial charge in [0.25, 0.3) is 0 Å². The first kappa shape index (κ1) is 18.6. The van der Waals surface area contributed by atoms with Gasteiger partial charge in [0, 0.05) is 23.4 Å². The number of nitrogens with one attached hydrogen (secondary N) is 1. The zero-order valence-corrected chi connectivity index (χ0v) is 15.8. The summed E-state index contributed by atoms with van der Waals surface area (Å²) < 4.78 is 5.60. The largest absolute Gasteiger partial charge is 0.492 e. The molecule has 2 aromatic carbocycles. The smallest absolute Gasteiger partial charge is 0.238 e. The summed E-state index contributed by atoms with van der Waals surface area (Å²) in [6.45, 7) is 0.788. The maximum absolute atomic E-state index is 12.4. The van der Waals surface area contributed by atoms with E-state index in [0.717, 1.165) is 10.6 Å². The molecule has 0 saturated carbocycles. The molecular weight excluding hydrogens is 372 g/mol. The maximum Gasteiger partial charge on any atom is 0.238 e. The Hall–Kier alpha value is -2.18. The fourth-order valence-electron chi connectivity index (χ4n) is 2.52. The van der Waals surface area contributed by atoms with Crippen LogP contribution in [0.1, 0.15) is 6.42 Å². The number of carbonyl (C=O) groups is 2. The third-order valence-electron chi connectivity index (χ3n) is 3.98. The lowest BCUT2D eigenvalue weighted by Crippen LogP contribution is -2.37. The zero-order valence-electron chi connectivity index (χ0n) is 14.3. The van der Waals surface area contributed by atoms with Gasteiger partial charge in [0.2, 0.25) is 11.8 Å². The molecule has 1 N–H and O–H groups in total. The van der Waals surface area contributed by atoms with Crippen molar-refractivity contribution in [2.75, 3.05) is 25.5 Å². The van der Waals surface area contributed by atoms with Gasteiger partial charge in [0.15, 0.2) is 0 Å². The molecule has 2 amide bonds. The average Bonchev–Trinajstić information content (AvgIpc) is 2.62. The summed E-state index contributed by atoms with van der Waals surface area (Å²) in [4.78, 5) is 27.2. The van der Waals surface area contributed by atoms with Crippen molar-refractivity contribution in [2.45, 2.75) is 16.6 Å². The lowest BCUT2D eigenvalue weighted by atomic mass is 10.2. The van der Waals surface area contributed by atoms with Gasteiger partial charge in [0.05, 0.1) is 17.5 Å². The van der Waals surface area contributed by atoms with Crippen LogP contribution in [-0.2, 0) is 9.59 Å². The summed E-state index contributed by atoms with van der Waals surface area (Å²) in [5.41, 5.74) is 0.800. The summed E-state index contributed by atoms with van der Waals surface area (Å²) in [5, 5.41) is 3.04. The van der Waals surface area contributed by atoms with Crippen LogP contribution in [-0.4, -0.2) is 42.2 Å². The third-order valence-corrected chi connectivity index (χ3v) is 5.49. The van der Waals surface area contributed by atoms with Crippen LogP contribution in [0.5, 0.6) is 5.75 Å². The molecule has 1 atom stereocenters. The molecule has 7 heteroatoms. The zero-order chi connectivity index (χ0) is 18.5. The highest BCUT2D eigenvalue weighted by atomic mass is 35.5. The SMILES string of the molecule is CN(CCOc1cccc(Cl)c1)C(=O)C[C@@H]1Sc2ccccc2NC1=O. The van der Waals surface area contributed by atoms with E-state index >= 15 is 0 Å². The monoisotopic (exact) mass is 390 g/mol. The number of hydrogen-bond donors (Lipinski definition) is 1. The lowest BCUT2D eigenvalue weighted by molar-refractivity contribution is -0.131. The standard InChI is InChI=1S/C19H19ClN2O3S/c1-22(9-10-25-14-6-4-5-13(20)11-14)18(23)12-17-19(24)21-15-7-2-3-8-16(15)26-17/h2-8,11,17H,9-10,12H2,1H3,(H,21,24)/t17-/m0/s1. The van der Waals surface area contributed by atoms with Crippen molar-refractivity contribution < 1.29 is 14.3 Å². The van der Waals surface area contributed by atoms with Crippen molar-refractivity contribution in [1.82, 2.24) is 4.90 Å². The molecular formula is C19H19ClN2O3S. The fourth-order valence-corrected chi connectivity index (χ4v) is 3.81. The van der Waals surface area contributed by atoms with E-state index in [2.05, 4.69) is 5.32 Å². The van der Waals surface area contributed by atoms with Gasteiger partial charge in [-0.05, 0) is 30.3 Å². The highest BCUT2D eigenvalue weighted by Crippen LogP contribution is 2.36. The number of anilines is 1. The van der Waals surface area contributed by atoms with Gasteiger partial charge in [-0.2, -0.15) is 0 Å². The van der Waals surface area contributed by atoms with Gasteiger partial charge in [-0.3, -0.25) is 9.59 Å². The Morgan fingerprint density at radius 3 is 2.88 bits per heavy atom. The third kappa shape index (κ3) is 4.71. The number of rotatable bonds is 6. The van der Waals surface area contributed by atoms with E-state index in [1.807, 2.05) is 36.4 Å². The average molecular weight is 391 g/mol. The van der Waals surface area contributed by atoms with E-state index in [9.17, 15) is 9.59 Å². The van der Waals surface area contributed by atoms with Crippen molar-refractivity contribution in [3.05, 3.63) is 53.6 Å². The molecule has 0 bridgehead atoms. The number of benzene rings is 2. The Kier molecular flexibility index (Phi) is 6.06. The number of para-hydroxylation sites is 1. The molecule has 5 nitrogen and oxygen atoms in total. The summed E-state index contributed by atoms with van der Waals surface area (Å²) in [7, 11) is 1.71. The summed E-state index contributed by atoms with van der Waals surface area (Å²) >= 11 is 7.34. The normalized spacial score (nSPS) is 15.8. The van der Waals surface area contributed by atoms with Gasteiger partial charge in [0.1, 0.15) is 12.4 Å². The highest BCUT2D eigenvalue weighted by molar-refractivity contribution is 8.01. The van der Waals surface area contributed by atoms with Crippen molar-refractivity contribution in [2.24, 2.45) is 0 Å². The lowest BCUT2D eigenvalue weighted by Gasteiger charge is -2.25. The Morgan fingerprint density at radius 2 is 2.08 bits per heavy atom. The van der Waals surface area contributed by atoms with Gasteiger partial charge in [-0.15, -0.1) is 11.8 Å². The van der Waals surface area contributed by atoms with E-state index in [1.165, 1.54) is 11.8 Å². The summed E-state index contributed by atoms with van der Waals surface area (Å²) in [6.07, 6.45) is 0.151. The topological polar surface area (TPSA) is 58.6 Å². The van der Waals surface area contributed by atoms with Crippen LogP contribution in [0.2, 0.25) is 5.02 Å². The number of halogens is 1. The maximum atomic E-state index is 12.4. The van der Waals surface area contributed by atoms with Crippen LogP contribution in [0.3, 0.4) is 0 Å². The Labute approximate surface area is 161 Å². The predicted octanol–water partition coefficient (Wildman–Crippen LogP) is 3.68. The molecule has 3 rings (SSSR count). The van der Waals surface area contributed by atoms with E-state index in [1.54, 1.807) is 24.1 Å². The van der Waals surface area contributed by atoms with Crippen LogP contribution in [0.15, 0.2) is 53.4 Å². The Balaban J connectivity index is 1.49. The first-order valence-electron chi connectivity index (χ1n) is 8.22. The molecule has 0 radical (unpaired) electrons. The van der Waals surface area contributed by atoms with Crippen LogP contribution in [0.4, 0.5) is 5.69 Å². The second-order valence-electron chi connectivity index (χ2n) is 5.92. The fraction of sp³-hybridized carbons (Fsp3) is 0.263. The molecule has 0 saturated heterocycles. The predicted molar refractivity (Wildman–Crippen MR) is 104 cm³/mol. The number of nitrogens with zero attached hydrogens (tertiary/aromatic N) is 1. The summed E-state index contributed by atoms with van der Waals surface area (Å²) in [6, 6.07) is 14.7. The number of thioether (sulfide) groups is 1. The molecule has 136 valence electrons. The summed E-state index contributed by atoms with van der Waals surface area (Å²) in [5.74, 6) is 0.439. The second kappa shape index (κ2) is 8.47. The van der Waals surface area contributed by atoms with Gasteiger partial charge < -0.3 is 15.0 Å². The first-order valence-corrected chi connectivity index (χ1v) is 9.47. The first-order chi connectivity index (χ1) is 12.5. The number of ether oxygens (including phenoxy) is 1. The van der Waals surface area contributed by atoms with Crippen molar-refractivity contribution >= 4 is 40.9 Å². The Morgan fingerprint density at radius 1 is 1.27 bits per heavy atom. The minimum Gasteiger partial charge on any atom is -0.492 e. The molecule has 0 spiro atoms. The Bertz CT molecular complexity index is 815. The van der Waals surface area contributed by atoms with Gasteiger partial charge in [-0.1, -0.05) is 29.8 Å². The number of amides is 2. The van der Waals surface area contributed by atoms with E-state index in [4.69, 9.17) is 16.3 Å². The number of likely N-dealkylation sites (N-methyl/N-ethyl adjacent to an activating group) is 1. The second-order valence-corrected chi connectivity index (χ2v) is 7.60. The minimum atomic E-state index is -0.423. The number of carbonyl (C=O) groups excluding carboxylic acids is 2. The molecule has 2 aromatic rings. The molecule has 1 heterocycles. The highest BCUT2D eigenvalue weighted by Gasteiger charge is 2.29. The van der Waals surface area contributed by atoms with Crippen molar-refractivity contribution in [1.29, 1.82) is 0 Å². The van der Waals surface area contributed by atoms with Crippen molar-refractivity contribution in [3.63, 3.8) is 0 Å². The van der Waals surface area contributed by atoms with Crippen LogP contribution < -0.4 is 10.1 Å². The molecule has 1 aliphatic heterocycles. The molecule has 0 unspecified atom stereocenters.